The summed E-state index contributed by atoms with van der Waals surface area (Å²) in [5, 5.41) is 3.76. The number of rotatable bonds is 5. The third-order valence-corrected chi connectivity index (χ3v) is 4.46. The maximum atomic E-state index is 12.0. The van der Waals surface area contributed by atoms with Crippen LogP contribution in [0.4, 0.5) is 5.69 Å². The molecule has 26 heavy (non-hydrogen) atoms. The van der Waals surface area contributed by atoms with Crippen LogP contribution in [0.5, 0.6) is 5.75 Å². The average Bonchev–Trinajstić information content (AvgIpc) is 3.45. The summed E-state index contributed by atoms with van der Waals surface area (Å²) >= 11 is 0. The molecule has 4 rings (SSSR count). The molecule has 0 saturated heterocycles. The summed E-state index contributed by atoms with van der Waals surface area (Å²) in [5.74, 6) is 0.728. The zero-order valence-corrected chi connectivity index (χ0v) is 14.5. The number of fused-ring (bicyclic) bond motifs is 1. The van der Waals surface area contributed by atoms with Crippen LogP contribution in [0.25, 0.3) is 11.0 Å². The summed E-state index contributed by atoms with van der Waals surface area (Å²) in [6.07, 6.45) is 1.89. The van der Waals surface area contributed by atoms with Gasteiger partial charge in [0.25, 0.3) is 0 Å². The first-order valence-electron chi connectivity index (χ1n) is 8.66. The van der Waals surface area contributed by atoms with Crippen LogP contribution >= 0.6 is 0 Å². The predicted octanol–water partition coefficient (Wildman–Crippen LogP) is 4.03. The van der Waals surface area contributed by atoms with Gasteiger partial charge >= 0.3 is 5.63 Å². The van der Waals surface area contributed by atoms with Crippen molar-refractivity contribution in [3.8, 4) is 5.75 Å². The van der Waals surface area contributed by atoms with Gasteiger partial charge in [0.1, 0.15) is 17.9 Å². The van der Waals surface area contributed by atoms with Gasteiger partial charge in [-0.15, -0.1) is 0 Å². The van der Waals surface area contributed by atoms with Crippen LogP contribution in [0.1, 0.15) is 24.0 Å². The van der Waals surface area contributed by atoms with Gasteiger partial charge < -0.3 is 14.5 Å². The lowest BCUT2D eigenvalue weighted by atomic mass is 10.1. The third-order valence-electron chi connectivity index (χ3n) is 4.46. The summed E-state index contributed by atoms with van der Waals surface area (Å²) in [7, 11) is 0. The van der Waals surface area contributed by atoms with Crippen molar-refractivity contribution in [2.75, 3.05) is 5.32 Å². The Morgan fingerprint density at radius 3 is 2.81 bits per heavy atom. The Labute approximate surface area is 150 Å². The zero-order chi connectivity index (χ0) is 18.1. The van der Waals surface area contributed by atoms with Crippen LogP contribution in [0.15, 0.2) is 57.7 Å². The second kappa shape index (κ2) is 6.67. The van der Waals surface area contributed by atoms with Crippen molar-refractivity contribution < 1.29 is 13.9 Å². The molecule has 0 spiro atoms. The fraction of sp³-hybridized carbons (Fsp3) is 0.238. The lowest BCUT2D eigenvalue weighted by Crippen LogP contribution is -2.14. The van der Waals surface area contributed by atoms with Gasteiger partial charge in [0.05, 0.1) is 5.69 Å². The second-order valence-electron chi connectivity index (χ2n) is 6.64. The smallest absolute Gasteiger partial charge is 0.336 e. The Balaban J connectivity index is 1.59. The Kier molecular flexibility index (Phi) is 4.21. The number of aryl methyl sites for hydroxylation is 1. The molecule has 5 nitrogen and oxygen atoms in total. The van der Waals surface area contributed by atoms with E-state index in [9.17, 15) is 9.59 Å². The Morgan fingerprint density at radius 1 is 1.19 bits per heavy atom. The topological polar surface area (TPSA) is 68.5 Å². The van der Waals surface area contributed by atoms with Gasteiger partial charge in [-0.2, -0.15) is 0 Å². The van der Waals surface area contributed by atoms with Crippen LogP contribution in [-0.4, -0.2) is 5.91 Å². The highest BCUT2D eigenvalue weighted by Crippen LogP contribution is 2.32. The standard InChI is InChI=1S/C21H19NO4/c1-13-6-9-16-15(11-20(23)26-19(16)10-13)12-25-18-5-3-2-4-17(18)22-21(24)14-7-8-14/h2-6,9-11,14H,7-8,12H2,1H3,(H,22,24). The molecule has 3 aromatic rings. The number of amides is 1. The second-order valence-corrected chi connectivity index (χ2v) is 6.64. The number of nitrogens with one attached hydrogen (secondary N) is 1. The normalized spacial score (nSPS) is 13.6. The van der Waals surface area contributed by atoms with E-state index in [4.69, 9.17) is 9.15 Å². The molecular formula is C21H19NO4. The van der Waals surface area contributed by atoms with E-state index in [0.717, 1.165) is 29.4 Å². The van der Waals surface area contributed by atoms with Crippen molar-refractivity contribution in [3.63, 3.8) is 0 Å². The van der Waals surface area contributed by atoms with Gasteiger partial charge in [0.15, 0.2) is 0 Å². The van der Waals surface area contributed by atoms with Crippen molar-refractivity contribution in [2.24, 2.45) is 5.92 Å². The Hall–Kier alpha value is -3.08. The van der Waals surface area contributed by atoms with E-state index < -0.39 is 5.63 Å². The minimum absolute atomic E-state index is 0.0299. The molecule has 1 N–H and O–H groups in total. The van der Waals surface area contributed by atoms with E-state index >= 15 is 0 Å². The van der Waals surface area contributed by atoms with Crippen LogP contribution in [0.3, 0.4) is 0 Å². The molecule has 0 bridgehead atoms. The van der Waals surface area contributed by atoms with Gasteiger partial charge in [-0.1, -0.05) is 24.3 Å². The maximum absolute atomic E-state index is 12.0. The van der Waals surface area contributed by atoms with Gasteiger partial charge in [-0.3, -0.25) is 4.79 Å². The first-order chi connectivity index (χ1) is 12.6. The zero-order valence-electron chi connectivity index (χ0n) is 14.5. The van der Waals surface area contributed by atoms with Crippen molar-refractivity contribution >= 4 is 22.6 Å². The summed E-state index contributed by atoms with van der Waals surface area (Å²) in [6, 6.07) is 14.5. The van der Waals surface area contributed by atoms with Crippen LogP contribution in [0.2, 0.25) is 0 Å². The van der Waals surface area contributed by atoms with E-state index in [2.05, 4.69) is 5.32 Å². The van der Waals surface area contributed by atoms with E-state index in [1.807, 2.05) is 43.3 Å². The molecule has 0 unspecified atom stereocenters. The number of benzene rings is 2. The summed E-state index contributed by atoms with van der Waals surface area (Å²) in [6.45, 7) is 2.16. The Morgan fingerprint density at radius 2 is 2.00 bits per heavy atom. The molecule has 1 aliphatic rings. The lowest BCUT2D eigenvalue weighted by Gasteiger charge is -2.13. The molecule has 1 aromatic heterocycles. The lowest BCUT2D eigenvalue weighted by molar-refractivity contribution is -0.117. The van der Waals surface area contributed by atoms with Crippen LogP contribution in [-0.2, 0) is 11.4 Å². The largest absolute Gasteiger partial charge is 0.487 e. The minimum Gasteiger partial charge on any atom is -0.487 e. The van der Waals surface area contributed by atoms with Gasteiger partial charge in [0.2, 0.25) is 5.91 Å². The summed E-state index contributed by atoms with van der Waals surface area (Å²) < 4.78 is 11.2. The molecule has 2 aromatic carbocycles. The highest BCUT2D eigenvalue weighted by Gasteiger charge is 2.30. The fourth-order valence-electron chi connectivity index (χ4n) is 2.89. The van der Waals surface area contributed by atoms with E-state index in [1.165, 1.54) is 6.07 Å². The third kappa shape index (κ3) is 3.47. The molecule has 1 saturated carbocycles. The summed E-state index contributed by atoms with van der Waals surface area (Å²) in [4.78, 5) is 23.9. The highest BCUT2D eigenvalue weighted by atomic mass is 16.5. The number of ether oxygens (including phenoxy) is 1. The predicted molar refractivity (Wildman–Crippen MR) is 99.3 cm³/mol. The highest BCUT2D eigenvalue weighted by molar-refractivity contribution is 5.95. The number of hydrogen-bond donors (Lipinski definition) is 1. The van der Waals surface area contributed by atoms with Crippen molar-refractivity contribution in [1.29, 1.82) is 0 Å². The van der Waals surface area contributed by atoms with Crippen LogP contribution in [0, 0.1) is 12.8 Å². The molecule has 0 atom stereocenters. The Bertz CT molecular complexity index is 1030. The van der Waals surface area contributed by atoms with Crippen molar-refractivity contribution in [1.82, 2.24) is 0 Å². The van der Waals surface area contributed by atoms with Gasteiger partial charge in [-0.05, 0) is 43.5 Å². The van der Waals surface area contributed by atoms with Crippen molar-refractivity contribution in [3.05, 3.63) is 70.1 Å². The number of anilines is 1. The van der Waals surface area contributed by atoms with Crippen molar-refractivity contribution in [2.45, 2.75) is 26.4 Å². The van der Waals surface area contributed by atoms with Gasteiger partial charge in [-0.25, -0.2) is 4.79 Å². The molecule has 1 aliphatic carbocycles. The molecule has 5 heteroatoms. The monoisotopic (exact) mass is 349 g/mol. The molecule has 132 valence electrons. The first-order valence-corrected chi connectivity index (χ1v) is 8.66. The van der Waals surface area contributed by atoms with Crippen LogP contribution < -0.4 is 15.7 Å². The molecule has 0 radical (unpaired) electrons. The molecule has 1 amide bonds. The maximum Gasteiger partial charge on any atom is 0.336 e. The molecule has 1 heterocycles. The molecule has 0 aliphatic heterocycles. The number of hydrogen-bond acceptors (Lipinski definition) is 4. The van der Waals surface area contributed by atoms with E-state index in [1.54, 1.807) is 6.07 Å². The van der Waals surface area contributed by atoms with Gasteiger partial charge in [0, 0.05) is 22.9 Å². The number of para-hydroxylation sites is 2. The number of carbonyl (C=O) groups excluding carboxylic acids is 1. The number of carbonyl (C=O) groups is 1. The van der Waals surface area contributed by atoms with E-state index in [0.29, 0.717) is 17.0 Å². The minimum atomic E-state index is -0.406. The average molecular weight is 349 g/mol. The summed E-state index contributed by atoms with van der Waals surface area (Å²) in [5.41, 5.74) is 2.56. The fourth-order valence-corrected chi connectivity index (χ4v) is 2.89. The first kappa shape index (κ1) is 16.4. The quantitative estimate of drug-likeness (QED) is 0.706. The SMILES string of the molecule is Cc1ccc2c(COc3ccccc3NC(=O)C3CC3)cc(=O)oc2c1. The van der Waals surface area contributed by atoms with E-state index in [-0.39, 0.29) is 18.4 Å². The molecule has 1 fully saturated rings. The molecular weight excluding hydrogens is 330 g/mol.